The Balaban J connectivity index is 1.45. The van der Waals surface area contributed by atoms with E-state index in [1.807, 2.05) is 18.2 Å². The van der Waals surface area contributed by atoms with Crippen LogP contribution in [0.5, 0.6) is 11.5 Å². The van der Waals surface area contributed by atoms with Gasteiger partial charge in [-0.3, -0.25) is 4.79 Å². The highest BCUT2D eigenvalue weighted by atomic mass is 16.5. The summed E-state index contributed by atoms with van der Waals surface area (Å²) < 4.78 is 21.6. The molecule has 1 N–H and O–H groups in total. The number of amides is 1. The molecule has 8 heteroatoms. The minimum Gasteiger partial charge on any atom is -0.493 e. The number of aromatic nitrogens is 2. The summed E-state index contributed by atoms with van der Waals surface area (Å²) in [6.07, 6.45) is 0. The van der Waals surface area contributed by atoms with E-state index in [-0.39, 0.29) is 12.4 Å². The van der Waals surface area contributed by atoms with E-state index in [9.17, 15) is 4.79 Å². The summed E-state index contributed by atoms with van der Waals surface area (Å²) in [4.78, 5) is 16.9. The van der Waals surface area contributed by atoms with Crippen molar-refractivity contribution in [1.82, 2.24) is 10.1 Å². The molecule has 0 saturated carbocycles. The maximum absolute atomic E-state index is 12.7. The number of carbonyl (C=O) groups is 1. The Kier molecular flexibility index (Phi) is 5.47. The maximum Gasteiger partial charge on any atom is 0.291 e. The van der Waals surface area contributed by atoms with Gasteiger partial charge in [-0.2, -0.15) is 4.98 Å². The fourth-order valence-electron chi connectivity index (χ4n) is 2.84. The van der Waals surface area contributed by atoms with Gasteiger partial charge in [-0.15, -0.1) is 0 Å². The Bertz CT molecular complexity index is 1160. The normalized spacial score (nSPS) is 10.6. The largest absolute Gasteiger partial charge is 0.493 e. The van der Waals surface area contributed by atoms with Crippen molar-refractivity contribution < 1.29 is 23.2 Å². The highest BCUT2D eigenvalue weighted by Crippen LogP contribution is 2.28. The summed E-state index contributed by atoms with van der Waals surface area (Å²) in [6.45, 7) is 1.86. The van der Waals surface area contributed by atoms with Crippen LogP contribution in [0.25, 0.3) is 11.4 Å². The monoisotopic (exact) mass is 405 g/mol. The van der Waals surface area contributed by atoms with Crippen LogP contribution in [0.2, 0.25) is 0 Å². The highest BCUT2D eigenvalue weighted by molar-refractivity contribution is 6.04. The third kappa shape index (κ3) is 4.17. The molecule has 0 aliphatic rings. The van der Waals surface area contributed by atoms with Gasteiger partial charge in [-0.25, -0.2) is 0 Å². The van der Waals surface area contributed by atoms with Crippen molar-refractivity contribution in [2.24, 2.45) is 0 Å². The van der Waals surface area contributed by atoms with Crippen molar-refractivity contribution in [3.63, 3.8) is 0 Å². The summed E-state index contributed by atoms with van der Waals surface area (Å²) in [6, 6.07) is 17.8. The Labute approximate surface area is 172 Å². The van der Waals surface area contributed by atoms with E-state index in [4.69, 9.17) is 18.4 Å². The van der Waals surface area contributed by atoms with Gasteiger partial charge in [0.05, 0.1) is 12.8 Å². The molecule has 1 amide bonds. The average Bonchev–Trinajstić information content (AvgIpc) is 3.42. The fourth-order valence-corrected chi connectivity index (χ4v) is 2.84. The van der Waals surface area contributed by atoms with Gasteiger partial charge in [-0.05, 0) is 36.4 Å². The van der Waals surface area contributed by atoms with Gasteiger partial charge >= 0.3 is 0 Å². The summed E-state index contributed by atoms with van der Waals surface area (Å²) in [5, 5.41) is 6.74. The zero-order chi connectivity index (χ0) is 20.9. The minimum atomic E-state index is -0.397. The van der Waals surface area contributed by atoms with Gasteiger partial charge in [0.15, 0.2) is 17.3 Å². The van der Waals surface area contributed by atoms with Gasteiger partial charge < -0.3 is 23.7 Å². The number of furan rings is 1. The molecule has 4 aromatic rings. The molecular formula is C22H19N3O5. The summed E-state index contributed by atoms with van der Waals surface area (Å²) >= 11 is 0. The van der Waals surface area contributed by atoms with Crippen LogP contribution in [0.1, 0.15) is 22.2 Å². The van der Waals surface area contributed by atoms with E-state index >= 15 is 0 Å². The number of para-hydroxylation sites is 3. The van der Waals surface area contributed by atoms with E-state index in [0.717, 1.165) is 0 Å². The third-order valence-corrected chi connectivity index (χ3v) is 4.27. The first-order valence-electron chi connectivity index (χ1n) is 9.19. The molecule has 0 bridgehead atoms. The second kappa shape index (κ2) is 8.52. The first-order valence-corrected chi connectivity index (χ1v) is 9.19. The molecule has 152 valence electrons. The van der Waals surface area contributed by atoms with E-state index in [1.54, 1.807) is 56.5 Å². The molecule has 0 fully saturated rings. The number of anilines is 1. The first-order chi connectivity index (χ1) is 14.6. The van der Waals surface area contributed by atoms with Crippen molar-refractivity contribution in [2.45, 2.75) is 13.5 Å². The topological polar surface area (TPSA) is 99.6 Å². The zero-order valence-corrected chi connectivity index (χ0v) is 16.4. The fraction of sp³-hybridized carbons (Fsp3) is 0.136. The lowest BCUT2D eigenvalue weighted by Gasteiger charge is -2.09. The number of aryl methyl sites for hydroxylation is 1. The van der Waals surface area contributed by atoms with E-state index in [1.165, 1.54) is 0 Å². The summed E-state index contributed by atoms with van der Waals surface area (Å²) in [5.41, 5.74) is 1.19. The molecular weight excluding hydrogens is 386 g/mol. The Morgan fingerprint density at radius 3 is 2.57 bits per heavy atom. The molecule has 0 atom stereocenters. The van der Waals surface area contributed by atoms with Crippen LogP contribution in [0.3, 0.4) is 0 Å². The van der Waals surface area contributed by atoms with Gasteiger partial charge in [-0.1, -0.05) is 29.4 Å². The van der Waals surface area contributed by atoms with Crippen LogP contribution in [0.4, 0.5) is 5.69 Å². The molecule has 0 spiro atoms. The number of methoxy groups -OCH3 is 1. The summed E-state index contributed by atoms with van der Waals surface area (Å²) in [7, 11) is 1.57. The number of nitrogens with zero attached hydrogens (tertiary/aromatic N) is 2. The zero-order valence-electron chi connectivity index (χ0n) is 16.4. The van der Waals surface area contributed by atoms with Crippen molar-refractivity contribution in [3.8, 4) is 22.9 Å². The van der Waals surface area contributed by atoms with Crippen LogP contribution in [0.15, 0.2) is 69.6 Å². The van der Waals surface area contributed by atoms with E-state index in [0.29, 0.717) is 40.2 Å². The second-order valence-electron chi connectivity index (χ2n) is 6.34. The Morgan fingerprint density at radius 1 is 1.03 bits per heavy atom. The number of carbonyl (C=O) groups excluding carboxylic acids is 1. The molecule has 2 aromatic heterocycles. The number of rotatable bonds is 7. The number of benzene rings is 2. The standard InChI is InChI=1S/C22H19N3O5/c1-14-23-21(25-30-14)16-7-3-4-8-17(16)24-22(26)20-12-11-15(29-20)13-28-19-10-6-5-9-18(19)27-2/h3-12H,13H2,1-2H3,(H,24,26). The van der Waals surface area contributed by atoms with Gasteiger partial charge in [0.1, 0.15) is 12.4 Å². The SMILES string of the molecule is COc1ccccc1OCc1ccc(C(=O)Nc2ccccc2-c2noc(C)n2)o1. The van der Waals surface area contributed by atoms with Crippen LogP contribution in [-0.4, -0.2) is 23.2 Å². The maximum atomic E-state index is 12.7. The molecule has 0 saturated heterocycles. The number of hydrogen-bond donors (Lipinski definition) is 1. The predicted octanol–water partition coefficient (Wildman–Crippen LogP) is 4.48. The summed E-state index contributed by atoms with van der Waals surface area (Å²) in [5.74, 6) is 2.32. The lowest BCUT2D eigenvalue weighted by atomic mass is 10.1. The van der Waals surface area contributed by atoms with Crippen molar-refractivity contribution in [1.29, 1.82) is 0 Å². The smallest absolute Gasteiger partial charge is 0.291 e. The molecule has 2 heterocycles. The average molecular weight is 405 g/mol. The van der Waals surface area contributed by atoms with E-state index < -0.39 is 5.91 Å². The lowest BCUT2D eigenvalue weighted by molar-refractivity contribution is 0.0992. The van der Waals surface area contributed by atoms with Crippen LogP contribution in [-0.2, 0) is 6.61 Å². The highest BCUT2D eigenvalue weighted by Gasteiger charge is 2.16. The number of ether oxygens (including phenoxy) is 2. The van der Waals surface area contributed by atoms with Crippen molar-refractivity contribution >= 4 is 11.6 Å². The molecule has 30 heavy (non-hydrogen) atoms. The molecule has 0 aliphatic carbocycles. The Hall–Kier alpha value is -4.07. The first kappa shape index (κ1) is 19.3. The molecule has 4 rings (SSSR count). The van der Waals surface area contributed by atoms with Gasteiger partial charge in [0.25, 0.3) is 5.91 Å². The second-order valence-corrected chi connectivity index (χ2v) is 6.34. The van der Waals surface area contributed by atoms with Gasteiger partial charge in [0.2, 0.25) is 11.7 Å². The van der Waals surface area contributed by atoms with E-state index in [2.05, 4.69) is 15.5 Å². The molecule has 0 radical (unpaired) electrons. The lowest BCUT2D eigenvalue weighted by Crippen LogP contribution is -2.11. The molecule has 2 aromatic carbocycles. The van der Waals surface area contributed by atoms with Crippen LogP contribution in [0, 0.1) is 6.92 Å². The quantitative estimate of drug-likeness (QED) is 0.484. The van der Waals surface area contributed by atoms with Gasteiger partial charge in [0, 0.05) is 12.5 Å². The van der Waals surface area contributed by atoms with Crippen LogP contribution < -0.4 is 14.8 Å². The Morgan fingerprint density at radius 2 is 1.80 bits per heavy atom. The molecule has 8 nitrogen and oxygen atoms in total. The predicted molar refractivity (Wildman–Crippen MR) is 108 cm³/mol. The van der Waals surface area contributed by atoms with Crippen molar-refractivity contribution in [2.75, 3.05) is 12.4 Å². The number of nitrogens with one attached hydrogen (secondary N) is 1. The van der Waals surface area contributed by atoms with Crippen molar-refractivity contribution in [3.05, 3.63) is 78.1 Å². The third-order valence-electron chi connectivity index (χ3n) is 4.27. The number of hydrogen-bond acceptors (Lipinski definition) is 7. The minimum absolute atomic E-state index is 0.159. The molecule has 0 unspecified atom stereocenters. The van der Waals surface area contributed by atoms with Crippen LogP contribution >= 0.6 is 0 Å². The molecule has 0 aliphatic heterocycles.